The number of nitrogens with zero attached hydrogens (tertiary/aromatic N) is 2. The zero-order valence-corrected chi connectivity index (χ0v) is 12.6. The third kappa shape index (κ3) is 7.78. The van der Waals surface area contributed by atoms with Crippen LogP contribution in [0.1, 0.15) is 20.8 Å². The Kier molecular flexibility index (Phi) is 7.02. The molecule has 0 aromatic rings. The molecule has 0 saturated carbocycles. The van der Waals surface area contributed by atoms with Crippen LogP contribution in [0, 0.1) is 0 Å². The first-order chi connectivity index (χ1) is 6.34. The lowest BCUT2D eigenvalue weighted by molar-refractivity contribution is 0.0948. The summed E-state index contributed by atoms with van der Waals surface area (Å²) in [7, 11) is 4.13. The van der Waals surface area contributed by atoms with Crippen molar-refractivity contribution in [2.24, 2.45) is 0 Å². The number of ether oxygens (including phenoxy) is 1. The molecule has 0 heterocycles. The summed E-state index contributed by atoms with van der Waals surface area (Å²) in [6.45, 7) is 10.5. The predicted octanol–water partition coefficient (Wildman–Crippen LogP) is 0.213. The maximum Gasteiger partial charge on any atom is 0.322 e. The van der Waals surface area contributed by atoms with Crippen molar-refractivity contribution in [1.29, 1.82) is 0 Å². The molecule has 3 nitrogen and oxygen atoms in total. The Labute approximate surface area is 97.0 Å². The smallest absolute Gasteiger partial charge is 0.322 e. The molecule has 0 saturated heterocycles. The minimum atomic E-state index is 0.303. The van der Waals surface area contributed by atoms with E-state index in [1.54, 1.807) is 0 Å². The Hall–Kier alpha value is 0.412. The Morgan fingerprint density at radius 1 is 1.07 bits per heavy atom. The number of likely N-dealkylation sites (N-methyl/N-ethyl adjacent to an activating group) is 1. The van der Waals surface area contributed by atoms with E-state index in [9.17, 15) is 0 Å². The van der Waals surface area contributed by atoms with Crippen LogP contribution in [-0.4, -0.2) is 71.2 Å². The minimum Gasteiger partial charge on any atom is -0.384 e. The summed E-state index contributed by atoms with van der Waals surface area (Å²) in [4.78, 5) is 2.14. The summed E-state index contributed by atoms with van der Waals surface area (Å²) in [6.07, 6.45) is 0. The normalized spacial score (nSPS) is 12.8. The van der Waals surface area contributed by atoms with Gasteiger partial charge in [-0.05, 0) is 40.4 Å². The average molecular weight is 216 g/mol. The fourth-order valence-electron chi connectivity index (χ4n) is 0.886. The molecule has 0 N–H and O–H groups in total. The van der Waals surface area contributed by atoms with E-state index < -0.39 is 0 Å². The standard InChI is InChI=1S/C10H23N2O.Al.2H/c1-10(2,3)11-6-8-13-9-7-12(4)5;;;/h6-9H2,1-5H3;;;/q-1;+1;;. The highest BCUT2D eigenvalue weighted by molar-refractivity contribution is 6.04. The van der Waals surface area contributed by atoms with Crippen molar-refractivity contribution in [3.05, 3.63) is 0 Å². The maximum absolute atomic E-state index is 5.55. The molecule has 0 bridgehead atoms. The quantitative estimate of drug-likeness (QED) is 0.466. The molecule has 0 amide bonds. The summed E-state index contributed by atoms with van der Waals surface area (Å²) in [6, 6.07) is 0. The number of rotatable bonds is 6. The van der Waals surface area contributed by atoms with E-state index in [0.29, 0.717) is 5.54 Å². The lowest BCUT2D eigenvalue weighted by atomic mass is 10.1. The molecule has 0 unspecified atom stereocenters. The molecule has 0 fully saturated rings. The van der Waals surface area contributed by atoms with Crippen molar-refractivity contribution in [1.82, 2.24) is 8.78 Å². The highest BCUT2D eigenvalue weighted by atomic mass is 27.1. The monoisotopic (exact) mass is 216 g/mol. The largest absolute Gasteiger partial charge is 0.384 e. The summed E-state index contributed by atoms with van der Waals surface area (Å²) in [5.74, 6) is 0. The predicted molar refractivity (Wildman–Crippen MR) is 64.4 cm³/mol. The van der Waals surface area contributed by atoms with Gasteiger partial charge in [0.05, 0.1) is 13.2 Å². The molecular formula is C10H25AlN2O. The summed E-state index contributed by atoms with van der Waals surface area (Å²) in [5, 5.41) is 0. The Bertz CT molecular complexity index is 146. The van der Waals surface area contributed by atoms with Gasteiger partial charge in [0.2, 0.25) is 0 Å². The molecule has 0 radical (unpaired) electrons. The van der Waals surface area contributed by atoms with Crippen LogP contribution in [0.4, 0.5) is 0 Å². The topological polar surface area (TPSA) is 15.7 Å². The van der Waals surface area contributed by atoms with Gasteiger partial charge in [-0.1, -0.05) is 0 Å². The van der Waals surface area contributed by atoms with E-state index in [1.807, 2.05) is 0 Å². The van der Waals surface area contributed by atoms with Crippen molar-refractivity contribution in [2.45, 2.75) is 26.3 Å². The van der Waals surface area contributed by atoms with Crippen LogP contribution in [0.15, 0.2) is 0 Å². The zero-order valence-electron chi connectivity index (χ0n) is 10.6. The van der Waals surface area contributed by atoms with Gasteiger partial charge >= 0.3 is 16.5 Å². The van der Waals surface area contributed by atoms with Crippen LogP contribution in [0.2, 0.25) is 0 Å². The average Bonchev–Trinajstić information content (AvgIpc) is 2.01. The van der Waals surface area contributed by atoms with Crippen LogP contribution in [-0.2, 0) is 4.74 Å². The van der Waals surface area contributed by atoms with E-state index in [2.05, 4.69) is 43.6 Å². The van der Waals surface area contributed by atoms with Gasteiger partial charge in [0.25, 0.3) is 0 Å². The first-order valence-corrected chi connectivity index (χ1v) is 6.17. The third-order valence-corrected chi connectivity index (χ3v) is 4.19. The second-order valence-electron chi connectivity index (χ2n) is 5.01. The van der Waals surface area contributed by atoms with Crippen LogP contribution in [0.25, 0.3) is 0 Å². The number of hydrogen-bond acceptors (Lipinski definition) is 3. The van der Waals surface area contributed by atoms with E-state index >= 15 is 0 Å². The van der Waals surface area contributed by atoms with Gasteiger partial charge in [0.1, 0.15) is 0 Å². The molecule has 0 aliphatic rings. The van der Waals surface area contributed by atoms with Crippen LogP contribution < -0.4 is 0 Å². The molecular weight excluding hydrogens is 191 g/mol. The van der Waals surface area contributed by atoms with Gasteiger partial charge in [-0.15, -0.1) is 0 Å². The summed E-state index contributed by atoms with van der Waals surface area (Å²) < 4.78 is 8.00. The molecule has 0 aliphatic heterocycles. The molecule has 14 heavy (non-hydrogen) atoms. The highest BCUT2D eigenvalue weighted by Crippen LogP contribution is 2.08. The Balaban J connectivity index is 3.37. The van der Waals surface area contributed by atoms with Crippen molar-refractivity contribution < 1.29 is 4.74 Å². The van der Waals surface area contributed by atoms with Crippen molar-refractivity contribution in [2.75, 3.05) is 40.4 Å². The zero-order chi connectivity index (χ0) is 11.2. The van der Waals surface area contributed by atoms with Crippen molar-refractivity contribution in [3.8, 4) is 0 Å². The minimum absolute atomic E-state index is 0.303. The van der Waals surface area contributed by atoms with Gasteiger partial charge in [-0.25, -0.2) is 0 Å². The second kappa shape index (κ2) is 6.82. The van der Waals surface area contributed by atoms with E-state index in [1.165, 1.54) is 0 Å². The maximum atomic E-state index is 5.55. The molecule has 0 aromatic heterocycles. The van der Waals surface area contributed by atoms with Crippen LogP contribution in [0.3, 0.4) is 0 Å². The molecule has 0 aliphatic carbocycles. The molecule has 0 aromatic carbocycles. The molecule has 0 spiro atoms. The van der Waals surface area contributed by atoms with E-state index in [0.717, 1.165) is 42.8 Å². The summed E-state index contributed by atoms with van der Waals surface area (Å²) >= 11 is 1.11. The van der Waals surface area contributed by atoms with E-state index in [4.69, 9.17) is 4.74 Å². The first-order valence-electron chi connectivity index (χ1n) is 5.28. The SMILES string of the molecule is CN(C)CCOCC[N]([AlH2])C(C)(C)C. The van der Waals surface area contributed by atoms with Crippen molar-refractivity contribution in [3.63, 3.8) is 0 Å². The second-order valence-corrected chi connectivity index (χ2v) is 6.09. The molecule has 0 rings (SSSR count). The van der Waals surface area contributed by atoms with Crippen LogP contribution in [0.5, 0.6) is 0 Å². The Morgan fingerprint density at radius 2 is 1.57 bits per heavy atom. The highest BCUT2D eigenvalue weighted by Gasteiger charge is 2.14. The molecule has 84 valence electrons. The fourth-order valence-corrected chi connectivity index (χ4v) is 1.07. The fraction of sp³-hybridized carbons (Fsp3) is 1.00. The van der Waals surface area contributed by atoms with Gasteiger partial charge < -0.3 is 13.5 Å². The lowest BCUT2D eigenvalue weighted by Gasteiger charge is -2.33. The van der Waals surface area contributed by atoms with Crippen molar-refractivity contribution >= 4 is 16.5 Å². The lowest BCUT2D eigenvalue weighted by Crippen LogP contribution is -2.41. The first kappa shape index (κ1) is 14.4. The molecule has 0 atom stereocenters. The van der Waals surface area contributed by atoms with Gasteiger partial charge in [-0.3, -0.25) is 0 Å². The number of hydrogen-bond donors (Lipinski definition) is 0. The summed E-state index contributed by atoms with van der Waals surface area (Å²) in [5.41, 5.74) is 0.303. The molecule has 4 heteroatoms. The van der Waals surface area contributed by atoms with Gasteiger partial charge in [-0.2, -0.15) is 0 Å². The van der Waals surface area contributed by atoms with Crippen LogP contribution >= 0.6 is 0 Å². The van der Waals surface area contributed by atoms with E-state index in [-0.39, 0.29) is 0 Å². The van der Waals surface area contributed by atoms with Gasteiger partial charge in [0, 0.05) is 13.1 Å². The van der Waals surface area contributed by atoms with Gasteiger partial charge in [0.15, 0.2) is 0 Å². The third-order valence-electron chi connectivity index (χ3n) is 2.40. The Morgan fingerprint density at radius 3 is 2.00 bits per heavy atom.